The average molecular weight is 951 g/mol. The fourth-order valence-corrected chi connectivity index (χ4v) is 11.1. The summed E-state index contributed by atoms with van der Waals surface area (Å²) in [6.07, 6.45) is 1.73. The van der Waals surface area contributed by atoms with Crippen LogP contribution in [-0.4, -0.2) is 133 Å². The summed E-state index contributed by atoms with van der Waals surface area (Å²) in [5.74, 6) is 1.16. The third-order valence-corrected chi connectivity index (χ3v) is 14.8. The number of thiophene rings is 3. The normalized spacial score (nSPS) is 16.8. The highest BCUT2D eigenvalue weighted by molar-refractivity contribution is 7.86. The monoisotopic (exact) mass is 950 g/mol. The highest BCUT2D eigenvalue weighted by Gasteiger charge is 2.36. The topological polar surface area (TPSA) is 257 Å². The van der Waals surface area contributed by atoms with E-state index in [1.54, 1.807) is 0 Å². The summed E-state index contributed by atoms with van der Waals surface area (Å²) in [6, 6.07) is 0. The molecule has 2 aliphatic rings. The molecule has 59 heavy (non-hydrogen) atoms. The summed E-state index contributed by atoms with van der Waals surface area (Å²) in [4.78, 5) is 4.06. The lowest BCUT2D eigenvalue weighted by Crippen LogP contribution is -2.33. The second-order valence-corrected chi connectivity index (χ2v) is 22.0. The minimum absolute atomic E-state index is 0.101. The standard InChI is InChI=1S/C35H50O18S6/c1-22-27-30(50-20-24(52-27)18-47-11-4-7-16-58(40,41)42)34(54-22)32-26(36)29(49-14-9-13-46-10-3-6-15-57(37,38)39)33(56-32)35-31-28(23(2)55-35)53-25(21-51-31)19-48-12-5-8-17-59(43,44)45/h24-25,36H,3-21H2,1-2H3,(H,37,38,39)(H,40,41,42)(H,43,44,45). The quantitative estimate of drug-likeness (QED) is 0.0562. The molecule has 2 atom stereocenters. The molecule has 2 unspecified atom stereocenters. The van der Waals surface area contributed by atoms with E-state index in [0.717, 1.165) is 9.75 Å². The SMILES string of the molecule is Cc1sc(-c2sc(-c3sc(C)c4c3OCC(COCCCCS(=O)(=O)O)O4)c(OCCCOCCCCS(=O)(=O)O)c2O)c2c1OC(COCCCCS(=O)(=O)O)CO2. The molecule has 4 N–H and O–H groups in total. The summed E-state index contributed by atoms with van der Waals surface area (Å²) in [5.41, 5.74) is 0. The second kappa shape index (κ2) is 21.5. The fourth-order valence-electron chi connectivity index (χ4n) is 5.95. The van der Waals surface area contributed by atoms with Crippen LogP contribution in [0.4, 0.5) is 0 Å². The van der Waals surface area contributed by atoms with Crippen molar-refractivity contribution in [3.8, 4) is 54.0 Å². The summed E-state index contributed by atoms with van der Waals surface area (Å²) in [7, 11) is -12.1. The van der Waals surface area contributed by atoms with E-state index < -0.39 is 42.6 Å². The number of aromatic hydroxyl groups is 1. The lowest BCUT2D eigenvalue weighted by atomic mass is 10.2. The van der Waals surface area contributed by atoms with E-state index in [1.165, 1.54) is 34.0 Å². The van der Waals surface area contributed by atoms with E-state index in [2.05, 4.69) is 0 Å². The minimum atomic E-state index is -4.02. The number of hydrogen-bond acceptors (Lipinski definition) is 18. The maximum Gasteiger partial charge on any atom is 0.264 e. The van der Waals surface area contributed by atoms with Crippen molar-refractivity contribution in [2.75, 3.05) is 76.7 Å². The molecule has 5 rings (SSSR count). The van der Waals surface area contributed by atoms with Gasteiger partial charge in [-0.1, -0.05) is 0 Å². The van der Waals surface area contributed by atoms with E-state index in [-0.39, 0.29) is 94.3 Å². The van der Waals surface area contributed by atoms with Crippen LogP contribution in [0.1, 0.15) is 54.7 Å². The smallest absolute Gasteiger partial charge is 0.264 e. The Labute approximate surface area is 355 Å². The summed E-state index contributed by atoms with van der Waals surface area (Å²) >= 11 is 4.09. The number of ether oxygens (including phenoxy) is 8. The number of aryl methyl sites for hydroxylation is 2. The Hall–Kier alpha value is -2.49. The summed E-state index contributed by atoms with van der Waals surface area (Å²) < 4.78 is 141. The van der Waals surface area contributed by atoms with Crippen molar-refractivity contribution in [2.24, 2.45) is 0 Å². The number of rotatable bonds is 26. The molecule has 3 aromatic rings. The van der Waals surface area contributed by atoms with Gasteiger partial charge in [-0.15, -0.1) is 34.0 Å². The maximum absolute atomic E-state index is 11.8. The molecule has 0 radical (unpaired) electrons. The third kappa shape index (κ3) is 14.6. The van der Waals surface area contributed by atoms with Crippen molar-refractivity contribution in [3.63, 3.8) is 0 Å². The van der Waals surface area contributed by atoms with Gasteiger partial charge in [0.15, 0.2) is 46.7 Å². The lowest BCUT2D eigenvalue weighted by molar-refractivity contribution is 0.00860. The molecule has 334 valence electrons. The van der Waals surface area contributed by atoms with Crippen molar-refractivity contribution in [1.29, 1.82) is 0 Å². The number of fused-ring (bicyclic) bond motifs is 2. The van der Waals surface area contributed by atoms with Crippen molar-refractivity contribution < 1.29 is 81.9 Å². The average Bonchev–Trinajstić information content (AvgIpc) is 3.78. The molecule has 0 aromatic carbocycles. The minimum Gasteiger partial charge on any atom is -0.503 e. The first kappa shape index (κ1) is 47.6. The Morgan fingerprint density at radius 1 is 0.542 bits per heavy atom. The Bertz CT molecular complexity index is 2170. The molecule has 0 amide bonds. The zero-order valence-corrected chi connectivity index (χ0v) is 37.4. The molecular formula is C35H50O18S6. The van der Waals surface area contributed by atoms with E-state index in [4.69, 9.17) is 51.6 Å². The number of unbranched alkanes of at least 4 members (excludes halogenated alkanes) is 3. The van der Waals surface area contributed by atoms with Gasteiger partial charge in [0.2, 0.25) is 0 Å². The molecule has 0 aliphatic carbocycles. The summed E-state index contributed by atoms with van der Waals surface area (Å²) in [5, 5.41) is 11.8. The highest BCUT2D eigenvalue weighted by atomic mass is 32.2. The van der Waals surface area contributed by atoms with Gasteiger partial charge in [0.25, 0.3) is 30.4 Å². The van der Waals surface area contributed by atoms with Crippen LogP contribution >= 0.6 is 34.0 Å². The molecule has 0 saturated heterocycles. The van der Waals surface area contributed by atoms with Crippen LogP contribution < -0.4 is 23.7 Å². The first-order valence-electron chi connectivity index (χ1n) is 18.8. The van der Waals surface area contributed by atoms with Gasteiger partial charge in [0.1, 0.15) is 13.2 Å². The lowest BCUT2D eigenvalue weighted by Gasteiger charge is -2.25. The zero-order chi connectivity index (χ0) is 42.8. The largest absolute Gasteiger partial charge is 0.503 e. The zero-order valence-electron chi connectivity index (χ0n) is 32.5. The van der Waals surface area contributed by atoms with Crippen LogP contribution in [0.3, 0.4) is 0 Å². The number of hydrogen-bond donors (Lipinski definition) is 4. The molecule has 0 bridgehead atoms. The van der Waals surface area contributed by atoms with Crippen molar-refractivity contribution in [2.45, 2.75) is 71.0 Å². The van der Waals surface area contributed by atoms with Crippen LogP contribution in [-0.2, 0) is 44.6 Å². The van der Waals surface area contributed by atoms with Crippen molar-refractivity contribution in [3.05, 3.63) is 9.75 Å². The third-order valence-electron chi connectivity index (χ3n) is 8.73. The first-order chi connectivity index (χ1) is 27.9. The first-order valence-corrected chi connectivity index (χ1v) is 26.1. The molecule has 5 heterocycles. The predicted molar refractivity (Wildman–Crippen MR) is 221 cm³/mol. The van der Waals surface area contributed by atoms with Gasteiger partial charge in [-0.3, -0.25) is 13.7 Å². The van der Waals surface area contributed by atoms with Crippen molar-refractivity contribution in [1.82, 2.24) is 0 Å². The Balaban J connectivity index is 1.29. The van der Waals surface area contributed by atoms with Crippen LogP contribution in [0.25, 0.3) is 19.5 Å². The maximum atomic E-state index is 11.8. The van der Waals surface area contributed by atoms with Crippen molar-refractivity contribution >= 4 is 64.4 Å². The fraction of sp³-hybridized carbons (Fsp3) is 0.657. The van der Waals surface area contributed by atoms with Gasteiger partial charge in [0, 0.05) is 42.6 Å². The predicted octanol–water partition coefficient (Wildman–Crippen LogP) is 5.63. The molecule has 2 aliphatic heterocycles. The summed E-state index contributed by atoms with van der Waals surface area (Å²) in [6.45, 7) is 5.86. The van der Waals surface area contributed by atoms with Gasteiger partial charge in [-0.25, -0.2) is 0 Å². The van der Waals surface area contributed by atoms with E-state index in [0.29, 0.717) is 81.4 Å². The molecule has 0 saturated carbocycles. The Morgan fingerprint density at radius 2 is 0.966 bits per heavy atom. The van der Waals surface area contributed by atoms with Crippen LogP contribution in [0.5, 0.6) is 34.5 Å². The van der Waals surface area contributed by atoms with Gasteiger partial charge in [0.05, 0.1) is 56.6 Å². The van der Waals surface area contributed by atoms with Crippen LogP contribution in [0.15, 0.2) is 0 Å². The highest BCUT2D eigenvalue weighted by Crippen LogP contribution is 2.62. The molecule has 0 fully saturated rings. The van der Waals surface area contributed by atoms with Gasteiger partial charge >= 0.3 is 0 Å². The van der Waals surface area contributed by atoms with Crippen LogP contribution in [0.2, 0.25) is 0 Å². The molecule has 3 aromatic heterocycles. The molecule has 0 spiro atoms. The van der Waals surface area contributed by atoms with E-state index in [1.807, 2.05) is 13.8 Å². The Kier molecular flexibility index (Phi) is 17.4. The van der Waals surface area contributed by atoms with E-state index >= 15 is 0 Å². The van der Waals surface area contributed by atoms with Gasteiger partial charge in [-0.2, -0.15) is 25.3 Å². The Morgan fingerprint density at radius 3 is 1.42 bits per heavy atom. The van der Waals surface area contributed by atoms with Gasteiger partial charge < -0.3 is 43.0 Å². The van der Waals surface area contributed by atoms with E-state index in [9.17, 15) is 30.4 Å². The van der Waals surface area contributed by atoms with Crippen LogP contribution in [0, 0.1) is 13.8 Å². The molecular weight excluding hydrogens is 901 g/mol. The molecule has 18 nitrogen and oxygen atoms in total. The second-order valence-electron chi connectivity index (χ2n) is 13.8. The van der Waals surface area contributed by atoms with Gasteiger partial charge in [-0.05, 0) is 52.4 Å². The molecule has 24 heteroatoms.